The molecule has 134 valence electrons. The number of aromatic nitrogens is 1. The number of nitrogens with zero attached hydrogens (tertiary/aromatic N) is 1. The fourth-order valence-electron chi connectivity index (χ4n) is 3.09. The molecular formula is C19H22FNO3S. The number of rotatable bonds is 6. The van der Waals surface area contributed by atoms with E-state index in [0.717, 1.165) is 41.9 Å². The van der Waals surface area contributed by atoms with Crippen molar-refractivity contribution in [2.24, 2.45) is 0 Å². The Labute approximate surface area is 151 Å². The fraction of sp³-hybridized carbons (Fsp3) is 0.474. The summed E-state index contributed by atoms with van der Waals surface area (Å²) in [4.78, 5) is 16.6. The topological polar surface area (TPSA) is 48.4 Å². The molecule has 0 aliphatic heterocycles. The van der Waals surface area contributed by atoms with Gasteiger partial charge >= 0.3 is 5.97 Å². The van der Waals surface area contributed by atoms with E-state index in [9.17, 15) is 9.18 Å². The van der Waals surface area contributed by atoms with Gasteiger partial charge in [0.05, 0.1) is 23.2 Å². The molecular weight excluding hydrogens is 341 g/mol. The van der Waals surface area contributed by atoms with Crippen LogP contribution >= 0.6 is 11.3 Å². The molecule has 25 heavy (non-hydrogen) atoms. The van der Waals surface area contributed by atoms with Gasteiger partial charge in [-0.3, -0.25) is 4.79 Å². The summed E-state index contributed by atoms with van der Waals surface area (Å²) in [6.45, 7) is 0. The highest BCUT2D eigenvalue weighted by Crippen LogP contribution is 2.23. The molecule has 6 heteroatoms. The van der Waals surface area contributed by atoms with Crippen molar-refractivity contribution < 1.29 is 18.7 Å². The van der Waals surface area contributed by atoms with Crippen molar-refractivity contribution in [3.63, 3.8) is 0 Å². The Balaban J connectivity index is 1.50. The highest BCUT2D eigenvalue weighted by Gasteiger charge is 2.24. The third-order valence-corrected chi connectivity index (χ3v) is 5.30. The van der Waals surface area contributed by atoms with E-state index in [1.807, 2.05) is 5.38 Å². The van der Waals surface area contributed by atoms with Crippen molar-refractivity contribution in [3.05, 3.63) is 51.7 Å². The van der Waals surface area contributed by atoms with Gasteiger partial charge in [0.15, 0.2) is 0 Å². The Hall–Kier alpha value is -1.79. The minimum atomic E-state index is -0.246. The van der Waals surface area contributed by atoms with Crippen LogP contribution in [0.15, 0.2) is 29.6 Å². The van der Waals surface area contributed by atoms with E-state index in [0.29, 0.717) is 6.42 Å². The molecule has 0 spiro atoms. The molecule has 0 radical (unpaired) electrons. The van der Waals surface area contributed by atoms with Crippen molar-refractivity contribution >= 4 is 17.3 Å². The third-order valence-electron chi connectivity index (χ3n) is 4.40. The maximum atomic E-state index is 12.9. The van der Waals surface area contributed by atoms with Crippen LogP contribution < -0.4 is 0 Å². The second-order valence-corrected chi connectivity index (χ2v) is 7.29. The van der Waals surface area contributed by atoms with Crippen LogP contribution in [0.1, 0.15) is 41.9 Å². The van der Waals surface area contributed by atoms with Crippen LogP contribution in [0.5, 0.6) is 0 Å². The minimum Gasteiger partial charge on any atom is -0.462 e. The number of ether oxygens (including phenoxy) is 2. The smallest absolute Gasteiger partial charge is 0.312 e. The number of carbonyl (C=O) groups excluding carboxylic acids is 1. The molecule has 1 fully saturated rings. The van der Waals surface area contributed by atoms with Gasteiger partial charge in [0, 0.05) is 25.3 Å². The second-order valence-electron chi connectivity index (χ2n) is 6.35. The lowest BCUT2D eigenvalue weighted by atomic mass is 9.95. The number of thiazole rings is 1. The quantitative estimate of drug-likeness (QED) is 0.730. The molecule has 0 N–H and O–H groups in total. The van der Waals surface area contributed by atoms with Gasteiger partial charge in [-0.1, -0.05) is 12.1 Å². The van der Waals surface area contributed by atoms with Crippen LogP contribution in [0, 0.1) is 5.82 Å². The lowest BCUT2D eigenvalue weighted by molar-refractivity contribution is -0.151. The number of hydrogen-bond donors (Lipinski definition) is 0. The lowest BCUT2D eigenvalue weighted by Crippen LogP contribution is -2.29. The number of carbonyl (C=O) groups is 1. The highest BCUT2D eigenvalue weighted by molar-refractivity contribution is 7.09. The zero-order chi connectivity index (χ0) is 17.6. The van der Waals surface area contributed by atoms with Crippen molar-refractivity contribution in [3.8, 4) is 0 Å². The summed E-state index contributed by atoms with van der Waals surface area (Å²) >= 11 is 1.51. The summed E-state index contributed by atoms with van der Waals surface area (Å²) in [5.74, 6) is -0.481. The summed E-state index contributed by atoms with van der Waals surface area (Å²) in [5, 5.41) is 2.80. The third kappa shape index (κ3) is 5.34. The van der Waals surface area contributed by atoms with Gasteiger partial charge in [-0.15, -0.1) is 11.3 Å². The summed E-state index contributed by atoms with van der Waals surface area (Å²) in [5.41, 5.74) is 1.73. The molecule has 3 rings (SSSR count). The first-order valence-corrected chi connectivity index (χ1v) is 9.40. The van der Waals surface area contributed by atoms with Crippen molar-refractivity contribution in [1.82, 2.24) is 4.98 Å². The van der Waals surface area contributed by atoms with Crippen LogP contribution in [0.2, 0.25) is 0 Å². The highest BCUT2D eigenvalue weighted by atomic mass is 32.1. The monoisotopic (exact) mass is 363 g/mol. The van der Waals surface area contributed by atoms with E-state index in [1.165, 1.54) is 23.5 Å². The van der Waals surface area contributed by atoms with Crippen LogP contribution in [-0.4, -0.2) is 30.3 Å². The first-order chi connectivity index (χ1) is 12.1. The zero-order valence-corrected chi connectivity index (χ0v) is 15.1. The maximum absolute atomic E-state index is 12.9. The number of hydrogen-bond acceptors (Lipinski definition) is 5. The fourth-order valence-corrected chi connectivity index (χ4v) is 3.91. The standard InChI is InChI=1S/C19H22FNO3S/c1-23-16-3-2-4-17(11-16)24-19(22)10-15-12-25-18(21-15)9-13-5-7-14(20)8-6-13/h5-8,12,16-17H,2-4,9-11H2,1H3/t16-,17+/m0/s1. The van der Waals surface area contributed by atoms with Crippen LogP contribution in [0.4, 0.5) is 4.39 Å². The van der Waals surface area contributed by atoms with Crippen molar-refractivity contribution in [1.29, 1.82) is 0 Å². The summed E-state index contributed by atoms with van der Waals surface area (Å²) in [6, 6.07) is 6.39. The number of halogens is 1. The summed E-state index contributed by atoms with van der Waals surface area (Å²) in [6.07, 6.45) is 4.69. The van der Waals surface area contributed by atoms with Gasteiger partial charge in [-0.25, -0.2) is 9.37 Å². The molecule has 1 aromatic heterocycles. The summed E-state index contributed by atoms with van der Waals surface area (Å²) in [7, 11) is 1.70. The van der Waals surface area contributed by atoms with E-state index in [4.69, 9.17) is 9.47 Å². The van der Waals surface area contributed by atoms with Gasteiger partial charge in [-0.05, 0) is 37.0 Å². The molecule has 1 heterocycles. The maximum Gasteiger partial charge on any atom is 0.312 e. The number of esters is 1. The Morgan fingerprint density at radius 1 is 1.28 bits per heavy atom. The molecule has 0 unspecified atom stereocenters. The van der Waals surface area contributed by atoms with Crippen LogP contribution in [0.25, 0.3) is 0 Å². The van der Waals surface area contributed by atoms with Crippen molar-refractivity contribution in [2.45, 2.75) is 50.7 Å². The Morgan fingerprint density at radius 2 is 2.04 bits per heavy atom. The Kier molecular flexibility index (Phi) is 6.15. The molecule has 0 amide bonds. The van der Waals surface area contributed by atoms with Gasteiger partial charge in [-0.2, -0.15) is 0 Å². The molecule has 1 saturated carbocycles. The first kappa shape index (κ1) is 18.0. The Morgan fingerprint density at radius 3 is 2.80 bits per heavy atom. The molecule has 1 aliphatic rings. The lowest BCUT2D eigenvalue weighted by Gasteiger charge is -2.27. The average Bonchev–Trinajstić information content (AvgIpc) is 3.04. The second kappa shape index (κ2) is 8.54. The number of benzene rings is 1. The van der Waals surface area contributed by atoms with Gasteiger partial charge in [0.2, 0.25) is 0 Å². The van der Waals surface area contributed by atoms with E-state index in [2.05, 4.69) is 4.98 Å². The minimum absolute atomic E-state index is 0.0523. The Bertz CT molecular complexity index is 701. The van der Waals surface area contributed by atoms with Gasteiger partial charge in [0.1, 0.15) is 11.9 Å². The van der Waals surface area contributed by atoms with E-state index < -0.39 is 0 Å². The van der Waals surface area contributed by atoms with Crippen LogP contribution in [0.3, 0.4) is 0 Å². The van der Waals surface area contributed by atoms with E-state index >= 15 is 0 Å². The molecule has 0 bridgehead atoms. The normalized spacial score (nSPS) is 20.4. The predicted molar refractivity (Wildman–Crippen MR) is 94.2 cm³/mol. The van der Waals surface area contributed by atoms with E-state index in [-0.39, 0.29) is 30.4 Å². The zero-order valence-electron chi connectivity index (χ0n) is 14.2. The summed E-state index contributed by atoms with van der Waals surface area (Å²) < 4.78 is 23.9. The van der Waals surface area contributed by atoms with Gasteiger partial charge < -0.3 is 9.47 Å². The molecule has 1 aromatic carbocycles. The average molecular weight is 363 g/mol. The molecule has 0 saturated heterocycles. The van der Waals surface area contributed by atoms with E-state index in [1.54, 1.807) is 19.2 Å². The SMILES string of the molecule is CO[C@H]1CCC[C@@H](OC(=O)Cc2csc(Cc3ccc(F)cc3)n2)C1. The predicted octanol–water partition coefficient (Wildman–Crippen LogP) is 3.92. The van der Waals surface area contributed by atoms with Crippen LogP contribution in [-0.2, 0) is 27.1 Å². The molecule has 1 aliphatic carbocycles. The van der Waals surface area contributed by atoms with Crippen molar-refractivity contribution in [2.75, 3.05) is 7.11 Å². The molecule has 2 aromatic rings. The first-order valence-electron chi connectivity index (χ1n) is 8.52. The largest absolute Gasteiger partial charge is 0.462 e. The van der Waals surface area contributed by atoms with Gasteiger partial charge in [0.25, 0.3) is 0 Å². The molecule has 4 nitrogen and oxygen atoms in total. The number of methoxy groups -OCH3 is 1. The molecule has 2 atom stereocenters.